The zero-order chi connectivity index (χ0) is 23.5. The van der Waals surface area contributed by atoms with Crippen molar-refractivity contribution in [3.8, 4) is 0 Å². The number of hydrogen-bond donors (Lipinski definition) is 2. The first-order chi connectivity index (χ1) is 15.1. The molecule has 32 heavy (non-hydrogen) atoms. The summed E-state index contributed by atoms with van der Waals surface area (Å²) < 4.78 is 0. The summed E-state index contributed by atoms with van der Waals surface area (Å²) in [6.45, 7) is 14.0. The lowest BCUT2D eigenvalue weighted by molar-refractivity contribution is -0.119. The third kappa shape index (κ3) is 5.33. The molecule has 0 fully saturated rings. The SMILES string of the molecule is CCCN1c2cc(Cl)c(/C=N\NC(=O)CNc3ccc(C)c(C)c3)cc2C(C)=CC1(C)C. The number of benzene rings is 2. The van der Waals surface area contributed by atoms with E-state index in [1.807, 2.05) is 37.3 Å². The molecule has 0 spiro atoms. The number of halogens is 1. The zero-order valence-electron chi connectivity index (χ0n) is 19.8. The van der Waals surface area contributed by atoms with Crippen LogP contribution >= 0.6 is 11.6 Å². The summed E-state index contributed by atoms with van der Waals surface area (Å²) in [5.41, 5.74) is 10.1. The minimum atomic E-state index is -0.222. The van der Waals surface area contributed by atoms with Crippen molar-refractivity contribution < 1.29 is 4.79 Å². The second-order valence-electron chi connectivity index (χ2n) is 8.97. The molecule has 1 amide bonds. The number of nitrogens with one attached hydrogen (secondary N) is 2. The molecule has 6 heteroatoms. The van der Waals surface area contributed by atoms with Crippen molar-refractivity contribution in [1.29, 1.82) is 0 Å². The molecule has 2 aromatic rings. The van der Waals surface area contributed by atoms with Gasteiger partial charge in [-0.2, -0.15) is 5.10 Å². The van der Waals surface area contributed by atoms with Crippen LogP contribution in [0, 0.1) is 13.8 Å². The Morgan fingerprint density at radius 3 is 2.59 bits per heavy atom. The number of allylic oxidation sites excluding steroid dienone is 1. The summed E-state index contributed by atoms with van der Waals surface area (Å²) in [7, 11) is 0. The predicted octanol–water partition coefficient (Wildman–Crippen LogP) is 5.93. The second-order valence-corrected chi connectivity index (χ2v) is 9.38. The third-order valence-electron chi connectivity index (χ3n) is 5.90. The Bertz CT molecular complexity index is 1070. The van der Waals surface area contributed by atoms with Gasteiger partial charge < -0.3 is 10.2 Å². The van der Waals surface area contributed by atoms with Crippen molar-refractivity contribution in [2.24, 2.45) is 5.10 Å². The van der Waals surface area contributed by atoms with E-state index in [1.165, 1.54) is 16.7 Å². The Balaban J connectivity index is 1.69. The lowest BCUT2D eigenvalue weighted by atomic mass is 9.88. The van der Waals surface area contributed by atoms with Crippen LogP contribution in [-0.2, 0) is 4.79 Å². The van der Waals surface area contributed by atoms with Crippen LogP contribution in [0.1, 0.15) is 56.4 Å². The van der Waals surface area contributed by atoms with Crippen molar-refractivity contribution in [3.63, 3.8) is 0 Å². The van der Waals surface area contributed by atoms with Gasteiger partial charge in [0.25, 0.3) is 5.91 Å². The molecule has 5 nitrogen and oxygen atoms in total. The molecule has 1 aliphatic heterocycles. The maximum atomic E-state index is 12.2. The number of rotatable bonds is 7. The Hall–Kier alpha value is -2.79. The molecule has 0 aromatic heterocycles. The minimum absolute atomic E-state index is 0.0665. The maximum Gasteiger partial charge on any atom is 0.259 e. The Kier molecular flexibility index (Phi) is 7.29. The fraction of sp³-hybridized carbons (Fsp3) is 0.385. The number of carbonyl (C=O) groups is 1. The largest absolute Gasteiger partial charge is 0.376 e. The molecular formula is C26H33ClN4O. The van der Waals surface area contributed by atoms with Crippen LogP contribution in [0.25, 0.3) is 5.57 Å². The van der Waals surface area contributed by atoms with E-state index in [0.29, 0.717) is 5.02 Å². The molecule has 0 radical (unpaired) electrons. The lowest BCUT2D eigenvalue weighted by Crippen LogP contribution is -2.45. The van der Waals surface area contributed by atoms with Crippen molar-refractivity contribution >= 4 is 40.7 Å². The number of hydrazone groups is 1. The molecule has 0 bridgehead atoms. The molecule has 1 aliphatic rings. The summed E-state index contributed by atoms with van der Waals surface area (Å²) >= 11 is 6.59. The van der Waals surface area contributed by atoms with E-state index in [0.717, 1.165) is 35.5 Å². The molecule has 0 saturated carbocycles. The van der Waals surface area contributed by atoms with Crippen molar-refractivity contribution in [1.82, 2.24) is 5.43 Å². The van der Waals surface area contributed by atoms with Crippen LogP contribution in [0.2, 0.25) is 5.02 Å². The van der Waals surface area contributed by atoms with Crippen LogP contribution in [0.3, 0.4) is 0 Å². The minimum Gasteiger partial charge on any atom is -0.376 e. The van der Waals surface area contributed by atoms with Gasteiger partial charge in [0.1, 0.15) is 0 Å². The van der Waals surface area contributed by atoms with E-state index in [2.05, 4.69) is 61.4 Å². The highest BCUT2D eigenvalue weighted by Gasteiger charge is 2.31. The highest BCUT2D eigenvalue weighted by molar-refractivity contribution is 6.33. The normalized spacial score (nSPS) is 14.8. The maximum absolute atomic E-state index is 12.2. The van der Waals surface area contributed by atoms with Crippen LogP contribution in [0.15, 0.2) is 41.5 Å². The Morgan fingerprint density at radius 2 is 1.91 bits per heavy atom. The van der Waals surface area contributed by atoms with Crippen molar-refractivity contribution in [2.75, 3.05) is 23.3 Å². The summed E-state index contributed by atoms with van der Waals surface area (Å²) in [5, 5.41) is 7.85. The molecular weight excluding hydrogens is 420 g/mol. The van der Waals surface area contributed by atoms with E-state index in [-0.39, 0.29) is 18.0 Å². The number of hydrogen-bond acceptors (Lipinski definition) is 4. The van der Waals surface area contributed by atoms with Gasteiger partial charge in [-0.1, -0.05) is 30.7 Å². The van der Waals surface area contributed by atoms with E-state index < -0.39 is 0 Å². The molecule has 0 unspecified atom stereocenters. The van der Waals surface area contributed by atoms with Gasteiger partial charge in [0, 0.05) is 29.0 Å². The van der Waals surface area contributed by atoms with Gasteiger partial charge in [-0.15, -0.1) is 0 Å². The lowest BCUT2D eigenvalue weighted by Gasteiger charge is -2.43. The standard InChI is InChI=1S/C26H33ClN4O/c1-7-10-31-24-13-23(27)20(12-22(24)19(4)14-26(31,5)6)15-29-30-25(32)16-28-21-9-8-17(2)18(3)11-21/h8-9,11-15,28H,7,10,16H2,1-6H3,(H,30,32)/b29-15-. The first kappa shape index (κ1) is 23.9. The number of carbonyl (C=O) groups excluding carboxylic acids is 1. The van der Waals surface area contributed by atoms with E-state index >= 15 is 0 Å². The molecule has 2 aromatic carbocycles. The van der Waals surface area contributed by atoms with E-state index in [9.17, 15) is 4.79 Å². The monoisotopic (exact) mass is 452 g/mol. The number of anilines is 2. The molecule has 2 N–H and O–H groups in total. The molecule has 1 heterocycles. The highest BCUT2D eigenvalue weighted by Crippen LogP contribution is 2.41. The molecule has 3 rings (SSSR count). The topological polar surface area (TPSA) is 56.7 Å². The van der Waals surface area contributed by atoms with Gasteiger partial charge in [0.05, 0.1) is 23.3 Å². The summed E-state index contributed by atoms with van der Waals surface area (Å²) in [5.74, 6) is -0.222. The fourth-order valence-electron chi connectivity index (χ4n) is 4.09. The number of amides is 1. The fourth-order valence-corrected chi connectivity index (χ4v) is 4.30. The van der Waals surface area contributed by atoms with Crippen LogP contribution in [0.4, 0.5) is 11.4 Å². The second kappa shape index (κ2) is 9.78. The molecule has 0 aliphatic carbocycles. The van der Waals surface area contributed by atoms with E-state index in [4.69, 9.17) is 11.6 Å². The van der Waals surface area contributed by atoms with Gasteiger partial charge in [-0.05, 0) is 82.0 Å². The third-order valence-corrected chi connectivity index (χ3v) is 6.22. The van der Waals surface area contributed by atoms with Gasteiger partial charge >= 0.3 is 0 Å². The zero-order valence-corrected chi connectivity index (χ0v) is 20.6. The first-order valence-electron chi connectivity index (χ1n) is 11.1. The van der Waals surface area contributed by atoms with Gasteiger partial charge in [-0.3, -0.25) is 4.79 Å². The molecule has 170 valence electrons. The van der Waals surface area contributed by atoms with Gasteiger partial charge in [0.15, 0.2) is 0 Å². The van der Waals surface area contributed by atoms with Crippen molar-refractivity contribution in [2.45, 2.75) is 53.5 Å². The van der Waals surface area contributed by atoms with E-state index in [1.54, 1.807) is 6.21 Å². The highest BCUT2D eigenvalue weighted by atomic mass is 35.5. The number of nitrogens with zero attached hydrogens (tertiary/aromatic N) is 2. The van der Waals surface area contributed by atoms with Gasteiger partial charge in [-0.25, -0.2) is 5.43 Å². The number of fused-ring (bicyclic) bond motifs is 1. The van der Waals surface area contributed by atoms with Crippen LogP contribution in [0.5, 0.6) is 0 Å². The average Bonchev–Trinajstić information content (AvgIpc) is 2.72. The molecule has 0 saturated heterocycles. The summed E-state index contributed by atoms with van der Waals surface area (Å²) in [6.07, 6.45) is 4.95. The summed E-state index contributed by atoms with van der Waals surface area (Å²) in [6, 6.07) is 10.1. The van der Waals surface area contributed by atoms with Crippen LogP contribution in [-0.4, -0.2) is 30.8 Å². The Morgan fingerprint density at radius 1 is 1.16 bits per heavy atom. The smallest absolute Gasteiger partial charge is 0.259 e. The molecule has 0 atom stereocenters. The van der Waals surface area contributed by atoms with Gasteiger partial charge in [0.2, 0.25) is 0 Å². The first-order valence-corrected chi connectivity index (χ1v) is 11.4. The Labute approximate surface area is 196 Å². The average molecular weight is 453 g/mol. The number of aryl methyl sites for hydroxylation is 2. The van der Waals surface area contributed by atoms with Crippen LogP contribution < -0.4 is 15.6 Å². The van der Waals surface area contributed by atoms with Crippen molar-refractivity contribution in [3.05, 3.63) is 63.7 Å². The summed E-state index contributed by atoms with van der Waals surface area (Å²) in [4.78, 5) is 14.6. The predicted molar refractivity (Wildman–Crippen MR) is 137 cm³/mol. The quantitative estimate of drug-likeness (QED) is 0.404.